The molecular formula is C15H18F3NO3. The summed E-state index contributed by atoms with van der Waals surface area (Å²) in [6, 6.07) is 3.64. The zero-order valence-corrected chi connectivity index (χ0v) is 12.6. The third-order valence-electron chi connectivity index (χ3n) is 3.32. The van der Waals surface area contributed by atoms with E-state index in [-0.39, 0.29) is 17.8 Å². The molecule has 1 heterocycles. The summed E-state index contributed by atoms with van der Waals surface area (Å²) in [5.41, 5.74) is -1.49. The maximum absolute atomic E-state index is 13.1. The van der Waals surface area contributed by atoms with Crippen LogP contribution in [0.4, 0.5) is 23.7 Å². The van der Waals surface area contributed by atoms with Gasteiger partial charge >= 0.3 is 12.3 Å². The highest BCUT2D eigenvalue weighted by Gasteiger charge is 2.42. The van der Waals surface area contributed by atoms with E-state index < -0.39 is 36.0 Å². The molecular weight excluding hydrogens is 299 g/mol. The van der Waals surface area contributed by atoms with Gasteiger partial charge in [-0.15, -0.1) is 0 Å². The number of fused-ring (bicyclic) bond motifs is 1. The van der Waals surface area contributed by atoms with Gasteiger partial charge in [0.05, 0.1) is 17.9 Å². The topological polar surface area (TPSA) is 49.8 Å². The molecule has 0 saturated heterocycles. The van der Waals surface area contributed by atoms with Crippen LogP contribution in [-0.4, -0.2) is 30.0 Å². The molecule has 1 aromatic carbocycles. The Morgan fingerprint density at radius 1 is 1.36 bits per heavy atom. The number of carbonyl (C=O) groups is 1. The van der Waals surface area contributed by atoms with Gasteiger partial charge in [0.25, 0.3) is 0 Å². The van der Waals surface area contributed by atoms with Crippen LogP contribution in [0.5, 0.6) is 0 Å². The molecule has 0 bridgehead atoms. The first-order chi connectivity index (χ1) is 10.0. The molecule has 2 rings (SSSR count). The van der Waals surface area contributed by atoms with E-state index in [1.807, 2.05) is 0 Å². The maximum Gasteiger partial charge on any atom is 0.416 e. The summed E-state index contributed by atoms with van der Waals surface area (Å²) < 4.78 is 44.6. The van der Waals surface area contributed by atoms with Gasteiger partial charge in [0.2, 0.25) is 0 Å². The van der Waals surface area contributed by atoms with Crippen molar-refractivity contribution in [3.05, 3.63) is 29.3 Å². The molecule has 1 atom stereocenters. The van der Waals surface area contributed by atoms with Crippen LogP contribution in [-0.2, 0) is 10.9 Å². The number of hydrogen-bond acceptors (Lipinski definition) is 3. The quantitative estimate of drug-likeness (QED) is 0.862. The van der Waals surface area contributed by atoms with Gasteiger partial charge in [-0.25, -0.2) is 4.79 Å². The summed E-state index contributed by atoms with van der Waals surface area (Å²) in [4.78, 5) is 13.3. The molecule has 1 N–H and O–H groups in total. The largest absolute Gasteiger partial charge is 0.443 e. The molecule has 7 heteroatoms. The normalized spacial score (nSPS) is 18.3. The third kappa shape index (κ3) is 3.19. The second-order valence-corrected chi connectivity index (χ2v) is 6.21. The summed E-state index contributed by atoms with van der Waals surface area (Å²) in [6.45, 7) is 4.53. The van der Waals surface area contributed by atoms with Gasteiger partial charge in [-0.1, -0.05) is 6.07 Å². The van der Waals surface area contributed by atoms with Crippen molar-refractivity contribution >= 4 is 11.8 Å². The van der Waals surface area contributed by atoms with Gasteiger partial charge in [0.1, 0.15) is 5.60 Å². The zero-order chi connectivity index (χ0) is 16.7. The summed E-state index contributed by atoms with van der Waals surface area (Å²) in [6.07, 6.45) is -5.26. The molecule has 0 unspecified atom stereocenters. The Labute approximate surface area is 126 Å². The molecule has 0 saturated carbocycles. The fourth-order valence-corrected chi connectivity index (χ4v) is 2.51. The van der Waals surface area contributed by atoms with Crippen LogP contribution in [0.25, 0.3) is 0 Å². The van der Waals surface area contributed by atoms with Crippen molar-refractivity contribution in [1.29, 1.82) is 0 Å². The molecule has 0 aromatic heterocycles. The first kappa shape index (κ1) is 16.6. The summed E-state index contributed by atoms with van der Waals surface area (Å²) in [5, 5.41) is 9.39. The third-order valence-corrected chi connectivity index (χ3v) is 3.32. The van der Waals surface area contributed by atoms with Crippen molar-refractivity contribution < 1.29 is 27.8 Å². The number of nitrogens with zero attached hydrogens (tertiary/aromatic N) is 1. The number of ether oxygens (including phenoxy) is 1. The number of aliphatic hydroxyl groups excluding tert-OH is 1. The monoisotopic (exact) mass is 317 g/mol. The van der Waals surface area contributed by atoms with Gasteiger partial charge in [-0.05, 0) is 38.5 Å². The van der Waals surface area contributed by atoms with Crippen LogP contribution >= 0.6 is 0 Å². The van der Waals surface area contributed by atoms with E-state index in [0.717, 1.165) is 11.0 Å². The molecule has 1 aliphatic rings. The highest BCUT2D eigenvalue weighted by Crippen LogP contribution is 2.44. The molecule has 0 fully saturated rings. The van der Waals surface area contributed by atoms with Crippen molar-refractivity contribution in [3.63, 3.8) is 0 Å². The first-order valence-electron chi connectivity index (χ1n) is 6.86. The van der Waals surface area contributed by atoms with Crippen molar-refractivity contribution in [1.82, 2.24) is 0 Å². The van der Waals surface area contributed by atoms with Gasteiger partial charge in [0.15, 0.2) is 0 Å². The number of benzene rings is 1. The number of halogens is 3. The molecule has 1 aromatic rings. The van der Waals surface area contributed by atoms with Crippen LogP contribution in [0.2, 0.25) is 0 Å². The summed E-state index contributed by atoms with van der Waals surface area (Å²) >= 11 is 0. The number of anilines is 1. The van der Waals surface area contributed by atoms with E-state index in [9.17, 15) is 23.1 Å². The predicted molar refractivity (Wildman–Crippen MR) is 74.9 cm³/mol. The Kier molecular flexibility index (Phi) is 4.12. The Hall–Kier alpha value is -1.76. The van der Waals surface area contributed by atoms with Gasteiger partial charge in [-0.2, -0.15) is 13.2 Å². The Bertz CT molecular complexity index is 578. The molecule has 0 spiro atoms. The van der Waals surface area contributed by atoms with Crippen LogP contribution in [0.1, 0.15) is 37.8 Å². The Morgan fingerprint density at radius 2 is 2.00 bits per heavy atom. The zero-order valence-electron chi connectivity index (χ0n) is 12.6. The standard InChI is InChI=1S/C15H18F3NO3/c1-14(2,3)22-13(21)19-7-9(8-20)12-10(15(16,17)18)5-4-6-11(12)19/h4-6,9,20H,7-8H2,1-3H3/t9-/m1/s1. The van der Waals surface area contributed by atoms with E-state index in [1.54, 1.807) is 20.8 Å². The number of amides is 1. The van der Waals surface area contributed by atoms with Gasteiger partial charge in [0, 0.05) is 12.5 Å². The van der Waals surface area contributed by atoms with Gasteiger partial charge in [-0.3, -0.25) is 4.90 Å². The van der Waals surface area contributed by atoms with Crippen molar-refractivity contribution in [2.24, 2.45) is 0 Å². The number of hydrogen-bond donors (Lipinski definition) is 1. The lowest BCUT2D eigenvalue weighted by Crippen LogP contribution is -2.36. The average Bonchev–Trinajstić information content (AvgIpc) is 2.74. The fraction of sp³-hybridized carbons (Fsp3) is 0.533. The molecule has 1 amide bonds. The second kappa shape index (κ2) is 5.46. The van der Waals surface area contributed by atoms with Crippen LogP contribution in [0.3, 0.4) is 0 Å². The first-order valence-corrected chi connectivity index (χ1v) is 6.86. The highest BCUT2D eigenvalue weighted by molar-refractivity contribution is 5.91. The van der Waals surface area contributed by atoms with Crippen molar-refractivity contribution in [2.75, 3.05) is 18.1 Å². The molecule has 4 nitrogen and oxygen atoms in total. The van der Waals surface area contributed by atoms with Crippen molar-refractivity contribution in [3.8, 4) is 0 Å². The molecule has 0 radical (unpaired) electrons. The SMILES string of the molecule is CC(C)(C)OC(=O)N1C[C@H](CO)c2c1cccc2C(F)(F)F. The Balaban J connectivity index is 2.45. The molecule has 1 aliphatic heterocycles. The maximum atomic E-state index is 13.1. The number of aliphatic hydroxyl groups is 1. The fourth-order valence-electron chi connectivity index (χ4n) is 2.51. The number of alkyl halides is 3. The molecule has 0 aliphatic carbocycles. The minimum absolute atomic E-state index is 0.0339. The van der Waals surface area contributed by atoms with Crippen LogP contribution < -0.4 is 4.90 Å². The highest BCUT2D eigenvalue weighted by atomic mass is 19.4. The lowest BCUT2D eigenvalue weighted by molar-refractivity contribution is -0.138. The second-order valence-electron chi connectivity index (χ2n) is 6.21. The predicted octanol–water partition coefficient (Wildman–Crippen LogP) is 3.54. The average molecular weight is 317 g/mol. The Morgan fingerprint density at radius 3 is 2.50 bits per heavy atom. The summed E-state index contributed by atoms with van der Waals surface area (Å²) in [5.74, 6) is -0.777. The lowest BCUT2D eigenvalue weighted by Gasteiger charge is -2.25. The van der Waals surface area contributed by atoms with Crippen LogP contribution in [0, 0.1) is 0 Å². The van der Waals surface area contributed by atoms with Crippen LogP contribution in [0.15, 0.2) is 18.2 Å². The minimum atomic E-state index is -4.54. The van der Waals surface area contributed by atoms with E-state index in [4.69, 9.17) is 4.74 Å². The van der Waals surface area contributed by atoms with E-state index in [2.05, 4.69) is 0 Å². The lowest BCUT2D eigenvalue weighted by atomic mass is 9.96. The molecule has 122 valence electrons. The van der Waals surface area contributed by atoms with Crippen molar-refractivity contribution in [2.45, 2.75) is 38.5 Å². The van der Waals surface area contributed by atoms with E-state index in [0.29, 0.717) is 0 Å². The number of rotatable bonds is 1. The van der Waals surface area contributed by atoms with Gasteiger partial charge < -0.3 is 9.84 Å². The smallest absolute Gasteiger partial charge is 0.416 e. The van der Waals surface area contributed by atoms with E-state index >= 15 is 0 Å². The van der Waals surface area contributed by atoms with E-state index in [1.165, 1.54) is 12.1 Å². The molecule has 22 heavy (non-hydrogen) atoms. The number of carbonyl (C=O) groups excluding carboxylic acids is 1. The minimum Gasteiger partial charge on any atom is -0.443 e. The summed E-state index contributed by atoms with van der Waals surface area (Å²) in [7, 11) is 0.